The zero-order valence-corrected chi connectivity index (χ0v) is 21.5. The minimum absolute atomic E-state index is 0. The topological polar surface area (TPSA) is 66.5 Å². The summed E-state index contributed by atoms with van der Waals surface area (Å²) in [5.41, 5.74) is 6.60. The third-order valence-electron chi connectivity index (χ3n) is 6.13. The van der Waals surface area contributed by atoms with Crippen molar-refractivity contribution in [3.05, 3.63) is 41.0 Å². The van der Waals surface area contributed by atoms with E-state index in [1.54, 1.807) is 19.5 Å². The van der Waals surface area contributed by atoms with Crippen LogP contribution >= 0.6 is 11.6 Å². The number of halogens is 1. The van der Waals surface area contributed by atoms with E-state index >= 15 is 0 Å². The van der Waals surface area contributed by atoms with E-state index in [1.807, 2.05) is 18.2 Å². The van der Waals surface area contributed by atoms with Gasteiger partial charge in [0.2, 0.25) is 0 Å². The number of fused-ring (bicyclic) bond motifs is 2. The molecule has 4 atom stereocenters. The van der Waals surface area contributed by atoms with Crippen LogP contribution in [0.15, 0.2) is 30.6 Å². The Morgan fingerprint density at radius 2 is 2.03 bits per heavy atom. The summed E-state index contributed by atoms with van der Waals surface area (Å²) in [6.45, 7) is 5.75. The van der Waals surface area contributed by atoms with Crippen LogP contribution in [0.25, 0.3) is 11.1 Å². The van der Waals surface area contributed by atoms with Crippen LogP contribution in [0.5, 0.6) is 0 Å². The van der Waals surface area contributed by atoms with E-state index in [4.69, 9.17) is 26.5 Å². The molecule has 161 valence electrons. The number of ether oxygens (including phenoxy) is 2. The normalized spacial score (nSPS) is 26.5. The minimum Gasteiger partial charge on any atom is -0.619 e. The minimum atomic E-state index is -0.0470. The van der Waals surface area contributed by atoms with Crippen LogP contribution in [0, 0.1) is 5.92 Å². The summed E-state index contributed by atoms with van der Waals surface area (Å²) in [6.07, 6.45) is 7.77. The van der Waals surface area contributed by atoms with Crippen molar-refractivity contribution >= 4 is 17.3 Å². The van der Waals surface area contributed by atoms with Crippen molar-refractivity contribution < 1.29 is 42.2 Å². The Labute approximate surface area is 208 Å². The standard InChI is InChI=1S/C21H29ClN5O2.Y/c1-4-20(29-10-9-28-3)21-13-15(2)11-17(14-21)26(21)25-16-5-6-18(22)19(12-16)27-23-7-8-24-27;/h5-8,12,15,17,20H,4,9-11,13-14H2,1-3H3;/q-1;. The Morgan fingerprint density at radius 3 is 2.73 bits per heavy atom. The fraction of sp³-hybridized carbons (Fsp3) is 0.619. The third kappa shape index (κ3) is 4.62. The van der Waals surface area contributed by atoms with Gasteiger partial charge in [-0.2, -0.15) is 15.0 Å². The van der Waals surface area contributed by atoms with Crippen LogP contribution in [-0.4, -0.2) is 58.0 Å². The van der Waals surface area contributed by atoms with E-state index in [0.29, 0.717) is 30.2 Å². The van der Waals surface area contributed by atoms with Gasteiger partial charge in [-0.15, -0.1) is 5.69 Å². The van der Waals surface area contributed by atoms with E-state index in [0.717, 1.165) is 30.6 Å². The zero-order valence-electron chi connectivity index (χ0n) is 17.9. The van der Waals surface area contributed by atoms with E-state index in [1.165, 1.54) is 11.2 Å². The smallest absolute Gasteiger partial charge is 0.103 e. The van der Waals surface area contributed by atoms with Gasteiger partial charge in [0.05, 0.1) is 36.7 Å². The molecule has 1 saturated carbocycles. The second-order valence-corrected chi connectivity index (χ2v) is 8.57. The molecule has 2 heterocycles. The average molecular weight is 508 g/mol. The van der Waals surface area contributed by atoms with E-state index in [-0.39, 0.29) is 44.4 Å². The van der Waals surface area contributed by atoms with Gasteiger partial charge in [0.15, 0.2) is 0 Å². The maximum atomic E-state index is 6.37. The predicted octanol–water partition coefficient (Wildman–Crippen LogP) is 4.52. The molecule has 0 N–H and O–H groups in total. The molecule has 0 spiro atoms. The van der Waals surface area contributed by atoms with Crippen molar-refractivity contribution in [3.63, 3.8) is 0 Å². The monoisotopic (exact) mass is 507 g/mol. The predicted molar refractivity (Wildman–Crippen MR) is 113 cm³/mol. The van der Waals surface area contributed by atoms with Crippen LogP contribution in [0.1, 0.15) is 39.5 Å². The van der Waals surface area contributed by atoms with Gasteiger partial charge in [0, 0.05) is 45.4 Å². The first kappa shape index (κ1) is 24.1. The summed E-state index contributed by atoms with van der Waals surface area (Å²) in [7, 11) is 1.71. The summed E-state index contributed by atoms with van der Waals surface area (Å²) in [5.74, 6) is 0.675. The first-order chi connectivity index (χ1) is 14.1. The first-order valence-electron chi connectivity index (χ1n) is 10.3. The molecule has 0 amide bonds. The van der Waals surface area contributed by atoms with Crippen molar-refractivity contribution in [2.75, 3.05) is 20.3 Å². The molecule has 2 bridgehead atoms. The number of hydrogen-bond acceptors (Lipinski definition) is 5. The van der Waals surface area contributed by atoms with Crippen molar-refractivity contribution in [1.29, 1.82) is 0 Å². The first-order valence-corrected chi connectivity index (χ1v) is 10.7. The second kappa shape index (κ2) is 10.4. The molecule has 2 aliphatic rings. The molecule has 1 aliphatic carbocycles. The van der Waals surface area contributed by atoms with Gasteiger partial charge in [0.1, 0.15) is 5.69 Å². The molecule has 1 aromatic heterocycles. The molecule has 1 saturated heterocycles. The molecule has 7 nitrogen and oxygen atoms in total. The Morgan fingerprint density at radius 1 is 1.27 bits per heavy atom. The van der Waals surface area contributed by atoms with Gasteiger partial charge in [0.25, 0.3) is 0 Å². The fourth-order valence-corrected chi connectivity index (χ4v) is 5.24. The number of benzene rings is 1. The average Bonchev–Trinajstić information content (AvgIpc) is 3.24. The van der Waals surface area contributed by atoms with E-state index in [2.05, 4.69) is 29.1 Å². The molecule has 4 rings (SSSR count). The van der Waals surface area contributed by atoms with Gasteiger partial charge >= 0.3 is 0 Å². The maximum absolute atomic E-state index is 6.37. The number of aromatic nitrogens is 3. The van der Waals surface area contributed by atoms with E-state index in [9.17, 15) is 0 Å². The fourth-order valence-electron chi connectivity index (χ4n) is 5.05. The number of nitrogens with zero attached hydrogens (tertiary/aromatic N) is 5. The van der Waals surface area contributed by atoms with Crippen LogP contribution in [0.3, 0.4) is 0 Å². The van der Waals surface area contributed by atoms with Crippen LogP contribution in [0.2, 0.25) is 5.02 Å². The zero-order chi connectivity index (χ0) is 20.4. The molecule has 1 aromatic carbocycles. The molecular weight excluding hydrogens is 479 g/mol. The molecule has 2 fully saturated rings. The Kier molecular flexibility index (Phi) is 8.32. The van der Waals surface area contributed by atoms with Crippen LogP contribution in [0.4, 0.5) is 5.69 Å². The van der Waals surface area contributed by atoms with Gasteiger partial charge in [-0.25, -0.2) is 0 Å². The molecule has 30 heavy (non-hydrogen) atoms. The Hall–Kier alpha value is -0.566. The van der Waals surface area contributed by atoms with Gasteiger partial charge in [-0.05, 0) is 49.8 Å². The van der Waals surface area contributed by atoms with Gasteiger partial charge < -0.3 is 19.9 Å². The van der Waals surface area contributed by atoms with E-state index < -0.39 is 0 Å². The summed E-state index contributed by atoms with van der Waals surface area (Å²) >= 11 is 6.37. The number of methoxy groups -OCH3 is 1. The maximum Gasteiger partial charge on any atom is 0.103 e. The Bertz CT molecular complexity index is 824. The number of rotatable bonds is 9. The Balaban J connectivity index is 0.00000256. The summed E-state index contributed by atoms with van der Waals surface area (Å²) in [4.78, 5) is 1.53. The quantitative estimate of drug-likeness (QED) is 0.467. The summed E-state index contributed by atoms with van der Waals surface area (Å²) in [6, 6.07) is 6.21. The number of hydrogen-bond donors (Lipinski definition) is 0. The molecule has 2 aromatic rings. The molecule has 4 unspecified atom stereocenters. The summed E-state index contributed by atoms with van der Waals surface area (Å²) in [5, 5.41) is 11.3. The molecule has 1 radical (unpaired) electrons. The van der Waals surface area contributed by atoms with Crippen molar-refractivity contribution in [2.45, 2.75) is 57.2 Å². The van der Waals surface area contributed by atoms with Crippen molar-refractivity contribution in [1.82, 2.24) is 20.0 Å². The van der Waals surface area contributed by atoms with Crippen molar-refractivity contribution in [3.8, 4) is 5.69 Å². The molecular formula is C21H29ClN5O2Y-. The van der Waals surface area contributed by atoms with Crippen LogP contribution < -0.4 is 0 Å². The van der Waals surface area contributed by atoms with Crippen LogP contribution in [-0.2, 0) is 42.2 Å². The second-order valence-electron chi connectivity index (χ2n) is 8.17. The largest absolute Gasteiger partial charge is 0.619 e. The molecule has 1 aliphatic heterocycles. The third-order valence-corrected chi connectivity index (χ3v) is 6.45. The van der Waals surface area contributed by atoms with Gasteiger partial charge in [-0.1, -0.05) is 31.5 Å². The SMILES string of the molecule is CCC(OCCOC)C12CC(C)CC(C1)N2[N-]c1ccc(Cl)c(-n2nccn2)c1.[Y]. The van der Waals surface area contributed by atoms with Gasteiger partial charge in [-0.3, -0.25) is 0 Å². The van der Waals surface area contributed by atoms with Crippen molar-refractivity contribution in [2.24, 2.45) is 5.92 Å². The number of piperidine rings is 1. The molecule has 9 heteroatoms. The summed E-state index contributed by atoms with van der Waals surface area (Å²) < 4.78 is 11.4.